The highest BCUT2D eigenvalue weighted by Crippen LogP contribution is 2.33. The van der Waals surface area contributed by atoms with Crippen LogP contribution in [-0.4, -0.2) is 22.7 Å². The highest BCUT2D eigenvalue weighted by Gasteiger charge is 2.34. The molecule has 0 saturated heterocycles. The van der Waals surface area contributed by atoms with Crippen LogP contribution in [0.3, 0.4) is 0 Å². The number of hydrogen-bond donors (Lipinski definition) is 2. The van der Waals surface area contributed by atoms with Crippen molar-refractivity contribution in [3.05, 3.63) is 0 Å². The maximum absolute atomic E-state index is 11.2. The summed E-state index contributed by atoms with van der Waals surface area (Å²) < 4.78 is 0. The molecule has 1 rings (SSSR count). The van der Waals surface area contributed by atoms with Gasteiger partial charge < -0.3 is 5.11 Å². The minimum absolute atomic E-state index is 0.310. The van der Waals surface area contributed by atoms with E-state index >= 15 is 0 Å². The van der Waals surface area contributed by atoms with E-state index in [4.69, 9.17) is 0 Å². The van der Waals surface area contributed by atoms with Gasteiger partial charge in [0.2, 0.25) is 0 Å². The van der Waals surface area contributed by atoms with Gasteiger partial charge in [0.1, 0.15) is 5.54 Å². The molecular formula is C12H23NO2. The number of aliphatic carboxylic acids is 1. The molecule has 3 heteroatoms. The second kappa shape index (κ2) is 4.97. The summed E-state index contributed by atoms with van der Waals surface area (Å²) >= 11 is 0. The number of carboxylic acid groups (broad SMARTS) is 1. The van der Waals surface area contributed by atoms with Crippen LogP contribution in [0.1, 0.15) is 52.9 Å². The van der Waals surface area contributed by atoms with Gasteiger partial charge >= 0.3 is 5.97 Å². The third kappa shape index (κ3) is 3.82. The van der Waals surface area contributed by atoms with Crippen LogP contribution >= 0.6 is 0 Å². The summed E-state index contributed by atoms with van der Waals surface area (Å²) in [6.07, 6.45) is 5.35. The second-order valence-electron chi connectivity index (χ2n) is 5.11. The van der Waals surface area contributed by atoms with Crippen LogP contribution < -0.4 is 5.32 Å². The predicted octanol–water partition coefficient (Wildman–Crippen LogP) is 2.41. The summed E-state index contributed by atoms with van der Waals surface area (Å²) in [5.41, 5.74) is -0.747. The van der Waals surface area contributed by atoms with Gasteiger partial charge in [-0.15, -0.1) is 0 Å². The minimum Gasteiger partial charge on any atom is -0.480 e. The maximum atomic E-state index is 11.2. The molecule has 0 aromatic heterocycles. The zero-order valence-corrected chi connectivity index (χ0v) is 10.0. The van der Waals surface area contributed by atoms with E-state index in [9.17, 15) is 9.90 Å². The van der Waals surface area contributed by atoms with Gasteiger partial charge in [-0.3, -0.25) is 10.1 Å². The molecule has 88 valence electrons. The third-order valence-electron chi connectivity index (χ3n) is 3.17. The van der Waals surface area contributed by atoms with Crippen LogP contribution in [0.15, 0.2) is 0 Å². The molecule has 2 N–H and O–H groups in total. The van der Waals surface area contributed by atoms with Crippen LogP contribution in [0.4, 0.5) is 0 Å². The Kier molecular flexibility index (Phi) is 4.14. The molecule has 0 spiro atoms. The van der Waals surface area contributed by atoms with Crippen molar-refractivity contribution in [3.63, 3.8) is 0 Å². The first-order chi connectivity index (χ1) is 6.98. The van der Waals surface area contributed by atoms with Gasteiger partial charge in [-0.2, -0.15) is 0 Å². The summed E-state index contributed by atoms with van der Waals surface area (Å²) in [6.45, 7) is 5.91. The van der Waals surface area contributed by atoms with E-state index in [2.05, 4.69) is 12.2 Å². The van der Waals surface area contributed by atoms with Gasteiger partial charge in [0.05, 0.1) is 0 Å². The summed E-state index contributed by atoms with van der Waals surface area (Å²) in [7, 11) is 0. The van der Waals surface area contributed by atoms with Crippen LogP contribution in [0, 0.1) is 5.92 Å². The first kappa shape index (κ1) is 12.5. The summed E-state index contributed by atoms with van der Waals surface area (Å²) in [5.74, 6) is 0.110. The number of carboxylic acids is 1. The largest absolute Gasteiger partial charge is 0.480 e. The molecule has 0 amide bonds. The summed E-state index contributed by atoms with van der Waals surface area (Å²) in [6, 6.07) is 0.310. The molecule has 0 aliphatic heterocycles. The average Bonchev–Trinajstić information content (AvgIpc) is 2.87. The molecule has 0 aromatic carbocycles. The zero-order chi connectivity index (χ0) is 11.5. The van der Waals surface area contributed by atoms with Crippen LogP contribution in [0.5, 0.6) is 0 Å². The number of nitrogens with one attached hydrogen (secondary N) is 1. The van der Waals surface area contributed by atoms with Crippen LogP contribution in [0.2, 0.25) is 0 Å². The Labute approximate surface area is 92.3 Å². The number of carbonyl (C=O) groups is 1. The SMILES string of the molecule is CCCC(C)(NC(C)CC1CC1)C(=O)O. The van der Waals surface area contributed by atoms with Crippen LogP contribution in [0.25, 0.3) is 0 Å². The fourth-order valence-corrected chi connectivity index (χ4v) is 2.20. The van der Waals surface area contributed by atoms with Crippen molar-refractivity contribution < 1.29 is 9.90 Å². The highest BCUT2D eigenvalue weighted by molar-refractivity contribution is 5.78. The molecule has 0 heterocycles. The zero-order valence-electron chi connectivity index (χ0n) is 10.0. The first-order valence-corrected chi connectivity index (χ1v) is 5.99. The van der Waals surface area contributed by atoms with Crippen molar-refractivity contribution in [3.8, 4) is 0 Å². The molecule has 3 nitrogen and oxygen atoms in total. The van der Waals surface area contributed by atoms with Gasteiger partial charge in [0.15, 0.2) is 0 Å². The lowest BCUT2D eigenvalue weighted by Crippen LogP contribution is -2.53. The van der Waals surface area contributed by atoms with Crippen molar-refractivity contribution >= 4 is 5.97 Å². The van der Waals surface area contributed by atoms with Crippen molar-refractivity contribution in [1.29, 1.82) is 0 Å². The normalized spacial score (nSPS) is 22.1. The lowest BCUT2D eigenvalue weighted by Gasteiger charge is -2.29. The molecule has 1 aliphatic rings. The Hall–Kier alpha value is -0.570. The van der Waals surface area contributed by atoms with E-state index in [1.165, 1.54) is 12.8 Å². The minimum atomic E-state index is -0.747. The Morgan fingerprint density at radius 1 is 1.60 bits per heavy atom. The molecule has 0 radical (unpaired) electrons. The van der Waals surface area contributed by atoms with E-state index < -0.39 is 11.5 Å². The molecular weight excluding hydrogens is 190 g/mol. The average molecular weight is 213 g/mol. The van der Waals surface area contributed by atoms with Gasteiger partial charge in [-0.05, 0) is 32.6 Å². The third-order valence-corrected chi connectivity index (χ3v) is 3.17. The lowest BCUT2D eigenvalue weighted by molar-refractivity contribution is -0.144. The molecule has 0 aromatic rings. The van der Waals surface area contributed by atoms with Crippen molar-refractivity contribution in [2.24, 2.45) is 5.92 Å². The second-order valence-corrected chi connectivity index (χ2v) is 5.11. The van der Waals surface area contributed by atoms with E-state index in [-0.39, 0.29) is 0 Å². The lowest BCUT2D eigenvalue weighted by atomic mass is 9.94. The fraction of sp³-hybridized carbons (Fsp3) is 0.917. The van der Waals surface area contributed by atoms with Crippen molar-refractivity contribution in [1.82, 2.24) is 5.32 Å². The molecule has 2 unspecified atom stereocenters. The number of rotatable bonds is 7. The Bertz CT molecular complexity index is 226. The Morgan fingerprint density at radius 3 is 2.60 bits per heavy atom. The molecule has 0 bridgehead atoms. The van der Waals surface area contributed by atoms with Crippen molar-refractivity contribution in [2.75, 3.05) is 0 Å². The van der Waals surface area contributed by atoms with E-state index in [0.717, 1.165) is 18.8 Å². The Balaban J connectivity index is 2.44. The van der Waals surface area contributed by atoms with Gasteiger partial charge in [-0.1, -0.05) is 26.2 Å². The number of hydrogen-bond acceptors (Lipinski definition) is 2. The molecule has 1 saturated carbocycles. The smallest absolute Gasteiger partial charge is 0.323 e. The van der Waals surface area contributed by atoms with Crippen molar-refractivity contribution in [2.45, 2.75) is 64.5 Å². The first-order valence-electron chi connectivity index (χ1n) is 5.99. The quantitative estimate of drug-likeness (QED) is 0.682. The van der Waals surface area contributed by atoms with E-state index in [0.29, 0.717) is 12.5 Å². The van der Waals surface area contributed by atoms with Gasteiger partial charge in [0, 0.05) is 6.04 Å². The fourth-order valence-electron chi connectivity index (χ4n) is 2.20. The van der Waals surface area contributed by atoms with E-state index in [1.54, 1.807) is 6.92 Å². The topological polar surface area (TPSA) is 49.3 Å². The predicted molar refractivity (Wildman–Crippen MR) is 60.9 cm³/mol. The monoisotopic (exact) mass is 213 g/mol. The standard InChI is InChI=1S/C12H23NO2/c1-4-7-12(3,11(14)15)13-9(2)8-10-5-6-10/h9-10,13H,4-8H2,1-3H3,(H,14,15). The van der Waals surface area contributed by atoms with Gasteiger partial charge in [0.25, 0.3) is 0 Å². The maximum Gasteiger partial charge on any atom is 0.323 e. The molecule has 15 heavy (non-hydrogen) atoms. The summed E-state index contributed by atoms with van der Waals surface area (Å²) in [5, 5.41) is 12.5. The molecule has 1 aliphatic carbocycles. The van der Waals surface area contributed by atoms with E-state index in [1.807, 2.05) is 6.92 Å². The summed E-state index contributed by atoms with van der Waals surface area (Å²) in [4.78, 5) is 11.2. The van der Waals surface area contributed by atoms with Crippen LogP contribution in [-0.2, 0) is 4.79 Å². The Morgan fingerprint density at radius 2 is 2.20 bits per heavy atom. The van der Waals surface area contributed by atoms with Gasteiger partial charge in [-0.25, -0.2) is 0 Å². The highest BCUT2D eigenvalue weighted by atomic mass is 16.4. The molecule has 1 fully saturated rings. The molecule has 2 atom stereocenters.